The van der Waals surface area contributed by atoms with E-state index in [1.54, 1.807) is 0 Å². The molecule has 1 aromatic heterocycles. The molecular formula is C53H56N6O7. The van der Waals surface area contributed by atoms with E-state index in [1.165, 1.54) is 36.5 Å². The summed E-state index contributed by atoms with van der Waals surface area (Å²) in [5.74, 6) is -0.409. The molecular weight excluding hydrogens is 833 g/mol. The van der Waals surface area contributed by atoms with Crippen molar-refractivity contribution in [1.82, 2.24) is 25.1 Å². The maximum absolute atomic E-state index is 14.2. The standard InChI is InChI=1S/C53H56N6O7/c1-64-48(60)31-40(34-8-4-3-5-9-34)51(61)58-24-6-10-46(58)45-30-41-39-19-16-36(28-38(39)18-20-42(41)54-45)32-12-14-33(15-13-32)37-17-21-43-44(29-37)56-50(55-43)47-11-7-25-59(47)52(62)49(57-53(63)65-2)35-22-26-66-27-23-35/h3-5,8-9,12-17,19,21,28-29,35,40,46-47,49H,6-7,10-11,18,20,22-27,30-31H2,1-2H3,(H,55,56)(H,57,63)/t40-,46+,47+,49+/m1/s1. The van der Waals surface area contributed by atoms with Gasteiger partial charge in [0, 0.05) is 44.1 Å². The molecule has 66 heavy (non-hydrogen) atoms. The fourth-order valence-electron chi connectivity index (χ4n) is 10.9. The fraction of sp³-hybridized carbons (Fsp3) is 0.396. The van der Waals surface area contributed by atoms with Gasteiger partial charge in [-0.05, 0) is 114 Å². The third-order valence-electron chi connectivity index (χ3n) is 14.4. The topological polar surface area (TPSA) is 156 Å². The first-order valence-corrected chi connectivity index (χ1v) is 23.4. The van der Waals surface area contributed by atoms with Gasteiger partial charge in [-0.3, -0.25) is 19.4 Å². The predicted molar refractivity (Wildman–Crippen MR) is 251 cm³/mol. The van der Waals surface area contributed by atoms with Crippen LogP contribution < -0.4 is 5.32 Å². The fourth-order valence-corrected chi connectivity index (χ4v) is 10.9. The lowest BCUT2D eigenvalue weighted by Gasteiger charge is -2.34. The molecule has 0 saturated carbocycles. The van der Waals surface area contributed by atoms with Gasteiger partial charge in [-0.15, -0.1) is 0 Å². The predicted octanol–water partition coefficient (Wildman–Crippen LogP) is 8.55. The van der Waals surface area contributed by atoms with E-state index < -0.39 is 24.0 Å². The van der Waals surface area contributed by atoms with Gasteiger partial charge >= 0.3 is 12.1 Å². The number of alkyl carbamates (subject to hydrolysis) is 1. The molecule has 340 valence electrons. The van der Waals surface area contributed by atoms with E-state index in [4.69, 9.17) is 24.2 Å². The van der Waals surface area contributed by atoms with E-state index in [-0.39, 0.29) is 36.2 Å². The average molecular weight is 889 g/mol. The third-order valence-corrected chi connectivity index (χ3v) is 14.4. The van der Waals surface area contributed by atoms with Gasteiger partial charge in [0.2, 0.25) is 11.8 Å². The van der Waals surface area contributed by atoms with Gasteiger partial charge in [-0.2, -0.15) is 0 Å². The molecule has 3 saturated heterocycles. The van der Waals surface area contributed by atoms with Crippen LogP contribution in [0.2, 0.25) is 0 Å². The van der Waals surface area contributed by atoms with E-state index in [9.17, 15) is 19.2 Å². The molecule has 4 aromatic carbocycles. The van der Waals surface area contributed by atoms with Gasteiger partial charge in [-0.25, -0.2) is 9.78 Å². The third kappa shape index (κ3) is 8.52. The van der Waals surface area contributed by atoms with E-state index in [0.29, 0.717) is 39.1 Å². The minimum Gasteiger partial charge on any atom is -0.469 e. The minimum atomic E-state index is -0.683. The number of H-pyrrole nitrogens is 1. The molecule has 4 aliphatic heterocycles. The number of hydrogen-bond acceptors (Lipinski definition) is 9. The number of amides is 3. The van der Waals surface area contributed by atoms with Crippen LogP contribution in [-0.2, 0) is 35.0 Å². The molecule has 10 rings (SSSR count). The lowest BCUT2D eigenvalue weighted by molar-refractivity contribution is -0.144. The zero-order valence-corrected chi connectivity index (χ0v) is 37.6. The van der Waals surface area contributed by atoms with Gasteiger partial charge in [-0.1, -0.05) is 78.9 Å². The van der Waals surface area contributed by atoms with Crippen LogP contribution in [0.15, 0.2) is 102 Å². The molecule has 5 aliphatic rings. The first-order valence-electron chi connectivity index (χ1n) is 23.4. The van der Waals surface area contributed by atoms with E-state index in [1.807, 2.05) is 46.2 Å². The molecule has 0 spiro atoms. The van der Waals surface area contributed by atoms with Crippen LogP contribution in [0.25, 0.3) is 38.9 Å². The molecule has 0 bridgehead atoms. The highest BCUT2D eigenvalue weighted by molar-refractivity contribution is 6.05. The summed E-state index contributed by atoms with van der Waals surface area (Å²) in [5, 5.41) is 2.83. The zero-order valence-electron chi connectivity index (χ0n) is 37.6. The number of allylic oxidation sites excluding steroid dienone is 2. The number of aromatic amines is 1. The number of likely N-dealkylation sites (tertiary alicyclic amines) is 2. The maximum Gasteiger partial charge on any atom is 0.407 e. The normalized spacial score (nSPS) is 20.4. The van der Waals surface area contributed by atoms with Crippen molar-refractivity contribution < 1.29 is 33.4 Å². The van der Waals surface area contributed by atoms with Crippen LogP contribution >= 0.6 is 0 Å². The molecule has 3 fully saturated rings. The lowest BCUT2D eigenvalue weighted by atomic mass is 9.85. The van der Waals surface area contributed by atoms with E-state index >= 15 is 0 Å². The van der Waals surface area contributed by atoms with E-state index in [2.05, 4.69) is 64.9 Å². The second-order valence-corrected chi connectivity index (χ2v) is 18.2. The summed E-state index contributed by atoms with van der Waals surface area (Å²) in [6.45, 7) is 2.37. The number of esters is 1. The molecule has 5 heterocycles. The minimum absolute atomic E-state index is 0.00825. The summed E-state index contributed by atoms with van der Waals surface area (Å²) >= 11 is 0. The molecule has 3 amide bonds. The van der Waals surface area contributed by atoms with Crippen molar-refractivity contribution in [1.29, 1.82) is 0 Å². The Morgan fingerprint density at radius 2 is 1.45 bits per heavy atom. The van der Waals surface area contributed by atoms with Crippen LogP contribution in [0.1, 0.15) is 92.3 Å². The Kier molecular flexibility index (Phi) is 12.3. The highest BCUT2D eigenvalue weighted by atomic mass is 16.5. The number of aliphatic imine (C=N–C) groups is 1. The van der Waals surface area contributed by atoms with Crippen LogP contribution in [0.5, 0.6) is 0 Å². The summed E-state index contributed by atoms with van der Waals surface area (Å²) in [6.07, 6.45) is 6.68. The maximum atomic E-state index is 14.2. The first kappa shape index (κ1) is 43.3. The number of methoxy groups -OCH3 is 2. The van der Waals surface area contributed by atoms with Gasteiger partial charge in [0.25, 0.3) is 0 Å². The first-order chi connectivity index (χ1) is 32.3. The van der Waals surface area contributed by atoms with Gasteiger partial charge in [0.1, 0.15) is 11.9 Å². The summed E-state index contributed by atoms with van der Waals surface area (Å²) < 4.78 is 15.4. The van der Waals surface area contributed by atoms with Crippen molar-refractivity contribution in [2.24, 2.45) is 10.9 Å². The number of fused-ring (bicyclic) bond motifs is 3. The second-order valence-electron chi connectivity index (χ2n) is 18.2. The number of carbonyl (C=O) groups excluding carboxylic acids is 4. The van der Waals surface area contributed by atoms with Gasteiger partial charge in [0.05, 0.1) is 49.7 Å². The summed E-state index contributed by atoms with van der Waals surface area (Å²) in [7, 11) is 2.68. The van der Waals surface area contributed by atoms with Gasteiger partial charge in [0.15, 0.2) is 0 Å². The quantitative estimate of drug-likeness (QED) is 0.125. The van der Waals surface area contributed by atoms with Crippen LogP contribution in [0.3, 0.4) is 0 Å². The smallest absolute Gasteiger partial charge is 0.407 e. The summed E-state index contributed by atoms with van der Waals surface area (Å²) in [6, 6.07) is 30.3. The Morgan fingerprint density at radius 1 is 0.773 bits per heavy atom. The Balaban J connectivity index is 0.814. The van der Waals surface area contributed by atoms with Crippen LogP contribution in [-0.4, -0.2) is 102 Å². The Bertz CT molecular complexity index is 2720. The Labute approximate surface area is 384 Å². The number of ether oxygens (including phenoxy) is 3. The summed E-state index contributed by atoms with van der Waals surface area (Å²) in [5.41, 5.74) is 13.0. The molecule has 13 heteroatoms. The number of nitrogens with zero attached hydrogens (tertiary/aromatic N) is 4. The van der Waals surface area contributed by atoms with Crippen molar-refractivity contribution in [2.75, 3.05) is 40.5 Å². The van der Waals surface area contributed by atoms with Crippen molar-refractivity contribution >= 4 is 46.2 Å². The zero-order chi connectivity index (χ0) is 45.3. The molecule has 4 atom stereocenters. The molecule has 2 N–H and O–H groups in total. The highest BCUT2D eigenvalue weighted by Crippen LogP contribution is 2.43. The molecule has 0 unspecified atom stereocenters. The lowest BCUT2D eigenvalue weighted by Crippen LogP contribution is -2.53. The molecule has 13 nitrogen and oxygen atoms in total. The van der Waals surface area contributed by atoms with Crippen molar-refractivity contribution in [2.45, 2.75) is 88.3 Å². The van der Waals surface area contributed by atoms with Gasteiger partial charge < -0.3 is 34.3 Å². The molecule has 1 aliphatic carbocycles. The highest BCUT2D eigenvalue weighted by Gasteiger charge is 2.41. The monoisotopic (exact) mass is 888 g/mol. The number of benzene rings is 4. The number of aryl methyl sites for hydroxylation is 1. The number of hydrogen-bond donors (Lipinski definition) is 2. The number of aromatic nitrogens is 2. The van der Waals surface area contributed by atoms with Crippen molar-refractivity contribution in [3.8, 4) is 22.3 Å². The van der Waals surface area contributed by atoms with E-state index in [0.717, 1.165) is 95.5 Å². The van der Waals surface area contributed by atoms with Crippen LogP contribution in [0.4, 0.5) is 4.79 Å². The SMILES string of the molecule is COC(=O)C[C@@H](C(=O)N1CCC[C@H]1C1=NC2=C(C1)c1ccc(-c3ccc(-c4ccc5nc([C@@H]6CCCN6C(=O)[C@@H](NC(=O)OC)C6CCOCC6)[nH]c5c4)cc3)cc1CC2)c1ccccc1. The Morgan fingerprint density at radius 3 is 2.18 bits per heavy atom. The average Bonchev–Trinajstić information content (AvgIpc) is 4.21. The molecule has 5 aromatic rings. The molecule has 0 radical (unpaired) electrons. The summed E-state index contributed by atoms with van der Waals surface area (Å²) in [4.78, 5) is 70.6. The van der Waals surface area contributed by atoms with Crippen molar-refractivity contribution in [3.05, 3.63) is 119 Å². The number of nitrogens with one attached hydrogen (secondary N) is 2. The number of carbonyl (C=O) groups is 4. The number of imidazole rings is 1. The van der Waals surface area contributed by atoms with Crippen molar-refractivity contribution in [3.63, 3.8) is 0 Å². The Hall–Kier alpha value is -6.60. The number of rotatable bonds is 11. The largest absolute Gasteiger partial charge is 0.469 e. The van der Waals surface area contributed by atoms with Crippen LogP contribution in [0, 0.1) is 5.92 Å². The second kappa shape index (κ2) is 18.7.